The maximum Gasteiger partial charge on any atom is 0.123 e. The Morgan fingerprint density at radius 3 is 3.10 bits per heavy atom. The van der Waals surface area contributed by atoms with Crippen LogP contribution >= 0.6 is 11.8 Å². The van der Waals surface area contributed by atoms with E-state index in [-0.39, 0.29) is 5.82 Å². The lowest BCUT2D eigenvalue weighted by Crippen LogP contribution is -2.28. The van der Waals surface area contributed by atoms with Gasteiger partial charge in [-0.2, -0.15) is 11.8 Å². The van der Waals surface area contributed by atoms with Crippen LogP contribution in [0.25, 0.3) is 0 Å². The highest BCUT2D eigenvalue weighted by Crippen LogP contribution is 2.24. The van der Waals surface area contributed by atoms with E-state index in [0.29, 0.717) is 13.2 Å². The molecule has 20 heavy (non-hydrogen) atoms. The summed E-state index contributed by atoms with van der Waals surface area (Å²) < 4.78 is 18.5. The Morgan fingerprint density at radius 1 is 1.35 bits per heavy atom. The number of benzene rings is 1. The second-order valence-electron chi connectivity index (χ2n) is 4.90. The monoisotopic (exact) mass is 298 g/mol. The molecule has 1 aliphatic rings. The molecule has 0 bridgehead atoms. The molecule has 1 aliphatic heterocycles. The molecule has 3 nitrogen and oxygen atoms in total. The predicted molar refractivity (Wildman–Crippen MR) is 84.1 cm³/mol. The van der Waals surface area contributed by atoms with Gasteiger partial charge in [0.15, 0.2) is 0 Å². The second kappa shape index (κ2) is 8.49. The first kappa shape index (κ1) is 15.6. The molecule has 1 heterocycles. The average Bonchev–Trinajstić information content (AvgIpc) is 2.73. The van der Waals surface area contributed by atoms with Crippen LogP contribution in [0.3, 0.4) is 0 Å². The highest BCUT2D eigenvalue weighted by Gasteiger charge is 2.14. The lowest BCUT2D eigenvalue weighted by Gasteiger charge is -2.25. The standard InChI is InChI=1S/C15H23FN2OS/c1-19-8-5-17-12-13-11-14(16)3-4-15(13)18-6-2-9-20-10-7-18/h3-4,11,17H,2,5-10,12H2,1H3. The van der Waals surface area contributed by atoms with Gasteiger partial charge >= 0.3 is 0 Å². The van der Waals surface area contributed by atoms with Gasteiger partial charge in [-0.25, -0.2) is 4.39 Å². The Balaban J connectivity index is 2.05. The molecule has 5 heteroatoms. The van der Waals surface area contributed by atoms with Crippen molar-refractivity contribution >= 4 is 17.4 Å². The highest BCUT2D eigenvalue weighted by molar-refractivity contribution is 7.99. The molecule has 0 aliphatic carbocycles. The van der Waals surface area contributed by atoms with E-state index in [2.05, 4.69) is 10.2 Å². The number of halogens is 1. The molecule has 1 aromatic rings. The molecule has 0 spiro atoms. The molecule has 1 N–H and O–H groups in total. The molecule has 0 amide bonds. The van der Waals surface area contributed by atoms with Gasteiger partial charge < -0.3 is 15.0 Å². The predicted octanol–water partition coefficient (Wildman–Crippen LogP) is 2.51. The van der Waals surface area contributed by atoms with E-state index in [9.17, 15) is 4.39 Å². The number of hydrogen-bond acceptors (Lipinski definition) is 4. The Hall–Kier alpha value is -0.780. The molecule has 112 valence electrons. The van der Waals surface area contributed by atoms with Crippen LogP contribution in [0.5, 0.6) is 0 Å². The zero-order chi connectivity index (χ0) is 14.2. The molecule has 1 saturated heterocycles. The molecular weight excluding hydrogens is 275 g/mol. The number of rotatable bonds is 6. The van der Waals surface area contributed by atoms with E-state index >= 15 is 0 Å². The Bertz CT molecular complexity index is 409. The quantitative estimate of drug-likeness (QED) is 0.816. The molecule has 0 aromatic heterocycles. The second-order valence-corrected chi connectivity index (χ2v) is 6.12. The number of anilines is 1. The van der Waals surface area contributed by atoms with Crippen molar-refractivity contribution in [1.82, 2.24) is 5.32 Å². The number of nitrogens with zero attached hydrogens (tertiary/aromatic N) is 1. The van der Waals surface area contributed by atoms with Gasteiger partial charge in [0.2, 0.25) is 0 Å². The first-order chi connectivity index (χ1) is 9.81. The van der Waals surface area contributed by atoms with Crippen LogP contribution in [0.2, 0.25) is 0 Å². The van der Waals surface area contributed by atoms with Gasteiger partial charge in [0.25, 0.3) is 0 Å². The molecule has 0 unspecified atom stereocenters. The van der Waals surface area contributed by atoms with E-state index in [1.165, 1.54) is 17.9 Å². The third-order valence-corrected chi connectivity index (χ3v) is 4.45. The molecule has 1 aromatic carbocycles. The van der Waals surface area contributed by atoms with E-state index in [0.717, 1.165) is 31.0 Å². The van der Waals surface area contributed by atoms with Crippen LogP contribution in [0.15, 0.2) is 18.2 Å². The van der Waals surface area contributed by atoms with Crippen LogP contribution in [0.4, 0.5) is 10.1 Å². The SMILES string of the molecule is COCCNCc1cc(F)ccc1N1CCCSCC1. The first-order valence-corrected chi connectivity index (χ1v) is 8.27. The maximum absolute atomic E-state index is 13.5. The minimum Gasteiger partial charge on any atom is -0.383 e. The Morgan fingerprint density at radius 2 is 2.25 bits per heavy atom. The van der Waals surface area contributed by atoms with Crippen molar-refractivity contribution in [2.24, 2.45) is 0 Å². The summed E-state index contributed by atoms with van der Waals surface area (Å²) in [6.45, 7) is 4.23. The summed E-state index contributed by atoms with van der Waals surface area (Å²) in [5, 5.41) is 3.30. The molecule has 0 radical (unpaired) electrons. The van der Waals surface area contributed by atoms with Crippen LogP contribution in [-0.2, 0) is 11.3 Å². The summed E-state index contributed by atoms with van der Waals surface area (Å²) in [6, 6.07) is 5.12. The van der Waals surface area contributed by atoms with Gasteiger partial charge in [-0.3, -0.25) is 0 Å². The van der Waals surface area contributed by atoms with Gasteiger partial charge in [-0.15, -0.1) is 0 Å². The number of nitrogens with one attached hydrogen (secondary N) is 1. The van der Waals surface area contributed by atoms with Gasteiger partial charge in [0, 0.05) is 44.7 Å². The summed E-state index contributed by atoms with van der Waals surface area (Å²) >= 11 is 2.00. The van der Waals surface area contributed by atoms with Gasteiger partial charge in [-0.05, 0) is 35.9 Å². The molecule has 0 atom stereocenters. The first-order valence-electron chi connectivity index (χ1n) is 7.12. The fourth-order valence-corrected chi connectivity index (χ4v) is 3.28. The lowest BCUT2D eigenvalue weighted by molar-refractivity contribution is 0.199. The van der Waals surface area contributed by atoms with Crippen molar-refractivity contribution in [1.29, 1.82) is 0 Å². The van der Waals surface area contributed by atoms with Crippen molar-refractivity contribution < 1.29 is 9.13 Å². The smallest absolute Gasteiger partial charge is 0.123 e. The van der Waals surface area contributed by atoms with Gasteiger partial charge in [0.05, 0.1) is 6.61 Å². The third-order valence-electron chi connectivity index (χ3n) is 3.40. The van der Waals surface area contributed by atoms with E-state index in [1.807, 2.05) is 17.8 Å². The molecular formula is C15H23FN2OS. The molecule has 1 fully saturated rings. The van der Waals surface area contributed by atoms with Crippen LogP contribution in [0.1, 0.15) is 12.0 Å². The van der Waals surface area contributed by atoms with Crippen molar-refractivity contribution in [3.8, 4) is 0 Å². The highest BCUT2D eigenvalue weighted by atomic mass is 32.2. The number of thioether (sulfide) groups is 1. The normalized spacial score (nSPS) is 16.2. The van der Waals surface area contributed by atoms with Crippen LogP contribution in [0, 0.1) is 5.82 Å². The minimum absolute atomic E-state index is 0.165. The van der Waals surface area contributed by atoms with Gasteiger partial charge in [0.1, 0.15) is 5.82 Å². The molecule has 0 saturated carbocycles. The zero-order valence-corrected chi connectivity index (χ0v) is 12.8. The van der Waals surface area contributed by atoms with Crippen LogP contribution < -0.4 is 10.2 Å². The maximum atomic E-state index is 13.5. The Kier molecular flexibility index (Phi) is 6.63. The zero-order valence-electron chi connectivity index (χ0n) is 12.0. The lowest BCUT2D eigenvalue weighted by atomic mass is 10.1. The van der Waals surface area contributed by atoms with Crippen LogP contribution in [-0.4, -0.2) is 44.9 Å². The van der Waals surface area contributed by atoms with Crippen molar-refractivity contribution in [3.63, 3.8) is 0 Å². The minimum atomic E-state index is -0.165. The number of ether oxygens (including phenoxy) is 1. The number of hydrogen-bond donors (Lipinski definition) is 1. The van der Waals surface area contributed by atoms with E-state index in [1.54, 1.807) is 19.2 Å². The number of methoxy groups -OCH3 is 1. The van der Waals surface area contributed by atoms with E-state index < -0.39 is 0 Å². The van der Waals surface area contributed by atoms with Crippen molar-refractivity contribution in [2.75, 3.05) is 49.8 Å². The largest absolute Gasteiger partial charge is 0.383 e. The fraction of sp³-hybridized carbons (Fsp3) is 0.600. The van der Waals surface area contributed by atoms with Gasteiger partial charge in [-0.1, -0.05) is 0 Å². The molecule has 2 rings (SSSR count). The summed E-state index contributed by atoms with van der Waals surface area (Å²) in [5.41, 5.74) is 2.20. The summed E-state index contributed by atoms with van der Waals surface area (Å²) in [4.78, 5) is 2.38. The summed E-state index contributed by atoms with van der Waals surface area (Å²) in [7, 11) is 1.68. The van der Waals surface area contributed by atoms with E-state index in [4.69, 9.17) is 4.74 Å². The fourth-order valence-electron chi connectivity index (χ4n) is 2.39. The Labute approximate surface area is 124 Å². The summed E-state index contributed by atoms with van der Waals surface area (Å²) in [6.07, 6.45) is 1.19. The van der Waals surface area contributed by atoms with Crippen molar-refractivity contribution in [2.45, 2.75) is 13.0 Å². The third kappa shape index (κ3) is 4.65. The van der Waals surface area contributed by atoms with Crippen molar-refractivity contribution in [3.05, 3.63) is 29.6 Å². The average molecular weight is 298 g/mol. The topological polar surface area (TPSA) is 24.5 Å². The summed E-state index contributed by atoms with van der Waals surface area (Å²) in [5.74, 6) is 2.20.